The molecular formula is C7H14O4. The molecule has 4 heteroatoms. The van der Waals surface area contributed by atoms with Crippen LogP contribution in [0.15, 0.2) is 0 Å². The highest BCUT2D eigenvalue weighted by atomic mass is 16.5. The van der Waals surface area contributed by atoms with Gasteiger partial charge in [0.25, 0.3) is 0 Å². The van der Waals surface area contributed by atoms with Crippen molar-refractivity contribution in [1.29, 1.82) is 0 Å². The largest absolute Gasteiger partial charge is 0.481 e. The molecule has 0 aromatic carbocycles. The maximum absolute atomic E-state index is 10.0. The highest BCUT2D eigenvalue weighted by Gasteiger charge is 2.09. The Morgan fingerprint density at radius 2 is 2.09 bits per heavy atom. The summed E-state index contributed by atoms with van der Waals surface area (Å²) in [7, 11) is 0. The summed E-state index contributed by atoms with van der Waals surface area (Å²) in [4.78, 5) is 10.0. The van der Waals surface area contributed by atoms with Crippen LogP contribution < -0.4 is 0 Å². The number of rotatable bonds is 5. The quantitative estimate of drug-likeness (QED) is 0.608. The van der Waals surface area contributed by atoms with Gasteiger partial charge in [0.05, 0.1) is 25.2 Å². The van der Waals surface area contributed by atoms with E-state index in [-0.39, 0.29) is 19.1 Å². The standard InChI is InChI=1S/C7H14O4/c1-5(2)11-4-6(8)3-7(9)10/h5-6,8H,3-4H2,1-2H3,(H,9,10). The fraction of sp³-hybridized carbons (Fsp3) is 0.857. The van der Waals surface area contributed by atoms with Crippen LogP contribution in [0.4, 0.5) is 0 Å². The maximum atomic E-state index is 10.0. The van der Waals surface area contributed by atoms with Crippen LogP contribution in [0.25, 0.3) is 0 Å². The van der Waals surface area contributed by atoms with E-state index in [0.717, 1.165) is 0 Å². The van der Waals surface area contributed by atoms with Crippen molar-refractivity contribution in [2.24, 2.45) is 0 Å². The molecule has 0 aliphatic carbocycles. The number of carboxylic acids is 1. The average Bonchev–Trinajstić information content (AvgIpc) is 1.82. The van der Waals surface area contributed by atoms with Crippen LogP contribution >= 0.6 is 0 Å². The number of carboxylic acid groups (broad SMARTS) is 1. The number of carbonyl (C=O) groups is 1. The van der Waals surface area contributed by atoms with Gasteiger partial charge in [-0.2, -0.15) is 0 Å². The van der Waals surface area contributed by atoms with E-state index in [1.165, 1.54) is 0 Å². The molecule has 0 saturated carbocycles. The predicted molar refractivity (Wildman–Crippen MR) is 39.3 cm³/mol. The van der Waals surface area contributed by atoms with Crippen molar-refractivity contribution >= 4 is 5.97 Å². The topological polar surface area (TPSA) is 66.8 Å². The molecule has 0 amide bonds. The van der Waals surface area contributed by atoms with E-state index in [1.54, 1.807) is 0 Å². The van der Waals surface area contributed by atoms with Crippen LogP contribution in [0.2, 0.25) is 0 Å². The van der Waals surface area contributed by atoms with E-state index in [4.69, 9.17) is 14.9 Å². The Labute approximate surface area is 65.8 Å². The summed E-state index contributed by atoms with van der Waals surface area (Å²) in [5.41, 5.74) is 0. The van der Waals surface area contributed by atoms with Crippen LogP contribution in [0, 0.1) is 0 Å². The molecule has 1 atom stereocenters. The van der Waals surface area contributed by atoms with Gasteiger partial charge < -0.3 is 14.9 Å². The van der Waals surface area contributed by atoms with Gasteiger partial charge >= 0.3 is 5.97 Å². The van der Waals surface area contributed by atoms with E-state index in [0.29, 0.717) is 0 Å². The molecule has 0 radical (unpaired) electrons. The summed E-state index contributed by atoms with van der Waals surface area (Å²) in [6, 6.07) is 0. The SMILES string of the molecule is CC(C)OCC(O)CC(=O)O. The van der Waals surface area contributed by atoms with E-state index < -0.39 is 12.1 Å². The van der Waals surface area contributed by atoms with Gasteiger partial charge in [-0.1, -0.05) is 0 Å². The minimum Gasteiger partial charge on any atom is -0.481 e. The lowest BCUT2D eigenvalue weighted by atomic mass is 10.3. The average molecular weight is 162 g/mol. The number of ether oxygens (including phenoxy) is 1. The van der Waals surface area contributed by atoms with E-state index in [2.05, 4.69) is 0 Å². The predicted octanol–water partition coefficient (Wildman–Crippen LogP) is 0.247. The second-order valence-electron chi connectivity index (χ2n) is 2.63. The molecule has 0 bridgehead atoms. The number of hydrogen-bond acceptors (Lipinski definition) is 3. The lowest BCUT2D eigenvalue weighted by molar-refractivity contribution is -0.140. The summed E-state index contributed by atoms with van der Waals surface area (Å²) < 4.78 is 4.99. The first-order valence-corrected chi connectivity index (χ1v) is 3.54. The zero-order chi connectivity index (χ0) is 8.85. The Morgan fingerprint density at radius 1 is 1.55 bits per heavy atom. The molecule has 0 heterocycles. The molecule has 0 aromatic rings. The molecule has 0 aromatic heterocycles. The lowest BCUT2D eigenvalue weighted by Crippen LogP contribution is -2.21. The molecule has 0 saturated heterocycles. The van der Waals surface area contributed by atoms with Crippen molar-refractivity contribution in [2.45, 2.75) is 32.5 Å². The molecule has 4 nitrogen and oxygen atoms in total. The Morgan fingerprint density at radius 3 is 2.45 bits per heavy atom. The van der Waals surface area contributed by atoms with Crippen LogP contribution in [-0.4, -0.2) is 35.0 Å². The number of aliphatic hydroxyl groups excluding tert-OH is 1. The van der Waals surface area contributed by atoms with Gasteiger partial charge in [0.2, 0.25) is 0 Å². The third-order valence-corrected chi connectivity index (χ3v) is 1.03. The normalized spacial score (nSPS) is 13.5. The fourth-order valence-corrected chi connectivity index (χ4v) is 0.564. The van der Waals surface area contributed by atoms with Crippen LogP contribution in [0.3, 0.4) is 0 Å². The number of aliphatic carboxylic acids is 1. The Kier molecular flexibility index (Phi) is 4.81. The maximum Gasteiger partial charge on any atom is 0.306 e. The lowest BCUT2D eigenvalue weighted by Gasteiger charge is -2.10. The van der Waals surface area contributed by atoms with Crippen molar-refractivity contribution in [3.8, 4) is 0 Å². The second kappa shape index (κ2) is 5.09. The monoisotopic (exact) mass is 162 g/mol. The molecule has 0 aliphatic rings. The van der Waals surface area contributed by atoms with Gasteiger partial charge in [-0.05, 0) is 13.8 Å². The fourth-order valence-electron chi connectivity index (χ4n) is 0.564. The van der Waals surface area contributed by atoms with E-state index in [9.17, 15) is 4.79 Å². The van der Waals surface area contributed by atoms with Crippen molar-refractivity contribution < 1.29 is 19.7 Å². The zero-order valence-electron chi connectivity index (χ0n) is 6.78. The highest BCUT2D eigenvalue weighted by Crippen LogP contribution is 1.95. The van der Waals surface area contributed by atoms with Gasteiger partial charge in [-0.15, -0.1) is 0 Å². The minimum absolute atomic E-state index is 0.0263. The second-order valence-corrected chi connectivity index (χ2v) is 2.63. The Bertz CT molecular complexity index is 122. The molecule has 0 aliphatic heterocycles. The molecule has 0 fully saturated rings. The van der Waals surface area contributed by atoms with E-state index in [1.807, 2.05) is 13.8 Å². The molecule has 11 heavy (non-hydrogen) atoms. The first-order valence-electron chi connectivity index (χ1n) is 3.54. The smallest absolute Gasteiger partial charge is 0.306 e. The van der Waals surface area contributed by atoms with Crippen LogP contribution in [-0.2, 0) is 9.53 Å². The molecular weight excluding hydrogens is 148 g/mol. The summed E-state index contributed by atoms with van der Waals surface area (Å²) >= 11 is 0. The molecule has 66 valence electrons. The highest BCUT2D eigenvalue weighted by molar-refractivity contribution is 5.67. The van der Waals surface area contributed by atoms with Gasteiger partial charge in [-0.25, -0.2) is 0 Å². The Balaban J connectivity index is 3.37. The van der Waals surface area contributed by atoms with Crippen LogP contribution in [0.5, 0.6) is 0 Å². The summed E-state index contributed by atoms with van der Waals surface area (Å²) in [5, 5.41) is 17.2. The van der Waals surface area contributed by atoms with E-state index >= 15 is 0 Å². The molecule has 2 N–H and O–H groups in total. The Hall–Kier alpha value is -0.610. The van der Waals surface area contributed by atoms with Crippen molar-refractivity contribution in [2.75, 3.05) is 6.61 Å². The van der Waals surface area contributed by atoms with Crippen LogP contribution in [0.1, 0.15) is 20.3 Å². The molecule has 0 spiro atoms. The number of hydrogen-bond donors (Lipinski definition) is 2. The van der Waals surface area contributed by atoms with Crippen molar-refractivity contribution in [3.05, 3.63) is 0 Å². The van der Waals surface area contributed by atoms with Gasteiger partial charge in [0, 0.05) is 0 Å². The third kappa shape index (κ3) is 7.29. The third-order valence-electron chi connectivity index (χ3n) is 1.03. The van der Waals surface area contributed by atoms with Gasteiger partial charge in [0.1, 0.15) is 0 Å². The summed E-state index contributed by atoms with van der Waals surface area (Å²) in [5.74, 6) is -1.01. The number of aliphatic hydroxyl groups is 1. The van der Waals surface area contributed by atoms with Crippen molar-refractivity contribution in [1.82, 2.24) is 0 Å². The van der Waals surface area contributed by atoms with Gasteiger partial charge in [0.15, 0.2) is 0 Å². The molecule has 0 rings (SSSR count). The van der Waals surface area contributed by atoms with Gasteiger partial charge in [-0.3, -0.25) is 4.79 Å². The summed E-state index contributed by atoms with van der Waals surface area (Å²) in [6.07, 6.45) is -1.12. The summed E-state index contributed by atoms with van der Waals surface area (Å²) in [6.45, 7) is 3.74. The molecule has 1 unspecified atom stereocenters. The zero-order valence-corrected chi connectivity index (χ0v) is 6.78. The first kappa shape index (κ1) is 10.4. The van der Waals surface area contributed by atoms with Crippen molar-refractivity contribution in [3.63, 3.8) is 0 Å². The minimum atomic E-state index is -1.01. The first-order chi connectivity index (χ1) is 5.02.